The van der Waals surface area contributed by atoms with Gasteiger partial charge in [-0.15, -0.1) is 0 Å². The Hall–Kier alpha value is -2.83. The lowest BCUT2D eigenvalue weighted by Gasteiger charge is -2.19. The summed E-state index contributed by atoms with van der Waals surface area (Å²) in [6.07, 6.45) is 1.63. The van der Waals surface area contributed by atoms with E-state index in [0.717, 1.165) is 5.56 Å². The summed E-state index contributed by atoms with van der Waals surface area (Å²) in [7, 11) is -3.80. The summed E-state index contributed by atoms with van der Waals surface area (Å²) in [4.78, 5) is 15.8. The molecule has 1 atom stereocenters. The Morgan fingerprint density at radius 1 is 0.923 bits per heavy atom. The summed E-state index contributed by atoms with van der Waals surface area (Å²) in [6, 6.07) is 19.9. The molecule has 2 aromatic carbocycles. The summed E-state index contributed by atoms with van der Waals surface area (Å²) >= 11 is 0. The maximum absolute atomic E-state index is 12.8. The van der Waals surface area contributed by atoms with E-state index in [9.17, 15) is 13.2 Å². The van der Waals surface area contributed by atoms with Crippen molar-refractivity contribution < 1.29 is 13.2 Å². The second kappa shape index (κ2) is 7.59. The van der Waals surface area contributed by atoms with Crippen molar-refractivity contribution in [1.82, 2.24) is 9.71 Å². The van der Waals surface area contributed by atoms with Gasteiger partial charge in [0.1, 0.15) is 0 Å². The maximum Gasteiger partial charge on any atom is 0.241 e. The summed E-state index contributed by atoms with van der Waals surface area (Å²) < 4.78 is 28.4. The van der Waals surface area contributed by atoms with Crippen LogP contribution in [-0.4, -0.2) is 19.2 Å². The van der Waals surface area contributed by atoms with Gasteiger partial charge in [-0.05, 0) is 36.8 Å². The number of pyridine rings is 1. The summed E-state index contributed by atoms with van der Waals surface area (Å²) in [6.45, 7) is 1.44. The van der Waals surface area contributed by atoms with E-state index < -0.39 is 16.1 Å². The smallest absolute Gasteiger partial charge is 0.241 e. The second-order valence-electron chi connectivity index (χ2n) is 5.80. The fourth-order valence-corrected chi connectivity index (χ4v) is 3.78. The second-order valence-corrected chi connectivity index (χ2v) is 7.51. The molecule has 3 rings (SSSR count). The van der Waals surface area contributed by atoms with E-state index in [4.69, 9.17) is 0 Å². The molecule has 5 nitrogen and oxygen atoms in total. The van der Waals surface area contributed by atoms with Gasteiger partial charge in [0, 0.05) is 11.8 Å². The van der Waals surface area contributed by atoms with Gasteiger partial charge in [0.25, 0.3) is 0 Å². The van der Waals surface area contributed by atoms with Crippen LogP contribution in [0.2, 0.25) is 0 Å². The Kier molecular flexibility index (Phi) is 5.25. The highest BCUT2D eigenvalue weighted by Crippen LogP contribution is 2.23. The SMILES string of the molecule is CC(=O)c1ccc(S(=O)(=O)N[C@@H](c2ccccc2)c2ccccn2)cc1. The highest BCUT2D eigenvalue weighted by molar-refractivity contribution is 7.89. The molecule has 26 heavy (non-hydrogen) atoms. The number of benzene rings is 2. The number of nitrogens with zero attached hydrogens (tertiary/aromatic N) is 1. The molecule has 0 unspecified atom stereocenters. The molecule has 0 aliphatic carbocycles. The van der Waals surface area contributed by atoms with Crippen molar-refractivity contribution in [2.24, 2.45) is 0 Å². The molecule has 6 heteroatoms. The first-order chi connectivity index (χ1) is 12.5. The third-order valence-electron chi connectivity index (χ3n) is 3.96. The fraction of sp³-hybridized carbons (Fsp3) is 0.100. The van der Waals surface area contributed by atoms with Crippen LogP contribution in [0.15, 0.2) is 83.9 Å². The third kappa shape index (κ3) is 4.04. The van der Waals surface area contributed by atoms with Gasteiger partial charge in [-0.3, -0.25) is 9.78 Å². The van der Waals surface area contributed by atoms with Gasteiger partial charge in [0.05, 0.1) is 16.6 Å². The number of carbonyl (C=O) groups excluding carboxylic acids is 1. The Morgan fingerprint density at radius 3 is 2.15 bits per heavy atom. The van der Waals surface area contributed by atoms with Gasteiger partial charge < -0.3 is 0 Å². The van der Waals surface area contributed by atoms with Gasteiger partial charge in [-0.1, -0.05) is 48.5 Å². The molecule has 1 N–H and O–H groups in total. The first-order valence-corrected chi connectivity index (χ1v) is 9.55. The van der Waals surface area contributed by atoms with E-state index in [1.54, 1.807) is 18.3 Å². The molecular weight excluding hydrogens is 348 g/mol. The van der Waals surface area contributed by atoms with Crippen LogP contribution in [-0.2, 0) is 10.0 Å². The lowest BCUT2D eigenvalue weighted by atomic mass is 10.0. The van der Waals surface area contributed by atoms with E-state index in [1.165, 1.54) is 31.2 Å². The minimum atomic E-state index is -3.80. The molecule has 132 valence electrons. The van der Waals surface area contributed by atoms with E-state index in [0.29, 0.717) is 11.3 Å². The lowest BCUT2D eigenvalue weighted by Crippen LogP contribution is -2.30. The number of sulfonamides is 1. The molecule has 1 aromatic heterocycles. The van der Waals surface area contributed by atoms with Crippen molar-refractivity contribution in [3.05, 3.63) is 95.8 Å². The van der Waals surface area contributed by atoms with Gasteiger partial charge in [0.2, 0.25) is 10.0 Å². The first kappa shape index (κ1) is 18.0. The third-order valence-corrected chi connectivity index (χ3v) is 5.40. The molecule has 1 heterocycles. The normalized spacial score (nSPS) is 12.5. The number of hydrogen-bond donors (Lipinski definition) is 1. The van der Waals surface area contributed by atoms with Gasteiger partial charge in [-0.2, -0.15) is 4.72 Å². The number of hydrogen-bond acceptors (Lipinski definition) is 4. The number of rotatable bonds is 6. The van der Waals surface area contributed by atoms with Crippen molar-refractivity contribution in [3.8, 4) is 0 Å². The van der Waals surface area contributed by atoms with Crippen molar-refractivity contribution in [2.75, 3.05) is 0 Å². The van der Waals surface area contributed by atoms with Crippen LogP contribution >= 0.6 is 0 Å². The van der Waals surface area contributed by atoms with Crippen LogP contribution < -0.4 is 4.72 Å². The standard InChI is InChI=1S/C20H18N2O3S/c1-15(23)16-10-12-18(13-11-16)26(24,25)22-20(17-7-3-2-4-8-17)19-9-5-6-14-21-19/h2-14,20,22H,1H3/t20-/m0/s1. The minimum Gasteiger partial charge on any atom is -0.295 e. The predicted molar refractivity (Wildman–Crippen MR) is 99.3 cm³/mol. The maximum atomic E-state index is 12.8. The molecular formula is C20H18N2O3S. The van der Waals surface area contributed by atoms with Crippen LogP contribution in [0.25, 0.3) is 0 Å². The number of aromatic nitrogens is 1. The highest BCUT2D eigenvalue weighted by Gasteiger charge is 2.23. The van der Waals surface area contributed by atoms with Crippen LogP contribution in [0.3, 0.4) is 0 Å². The van der Waals surface area contributed by atoms with E-state index in [1.807, 2.05) is 36.4 Å². The molecule has 0 amide bonds. The fourth-order valence-electron chi connectivity index (χ4n) is 2.58. The lowest BCUT2D eigenvalue weighted by molar-refractivity contribution is 0.101. The Morgan fingerprint density at radius 2 is 1.58 bits per heavy atom. The van der Waals surface area contributed by atoms with Crippen LogP contribution in [0, 0.1) is 0 Å². The Labute approximate surface area is 152 Å². The average molecular weight is 366 g/mol. The summed E-state index contributed by atoms with van der Waals surface area (Å²) in [5, 5.41) is 0. The van der Waals surface area contributed by atoms with Crippen molar-refractivity contribution in [3.63, 3.8) is 0 Å². The van der Waals surface area contributed by atoms with Gasteiger partial charge >= 0.3 is 0 Å². The van der Waals surface area contributed by atoms with Crippen molar-refractivity contribution in [2.45, 2.75) is 17.9 Å². The Balaban J connectivity index is 1.97. The van der Waals surface area contributed by atoms with Crippen LogP contribution in [0.1, 0.15) is 34.6 Å². The molecule has 0 fully saturated rings. The summed E-state index contributed by atoms with van der Waals surface area (Å²) in [5.74, 6) is -0.113. The molecule has 0 radical (unpaired) electrons. The zero-order valence-electron chi connectivity index (χ0n) is 14.2. The molecule has 0 aliphatic rings. The molecule has 0 saturated carbocycles. The highest BCUT2D eigenvalue weighted by atomic mass is 32.2. The zero-order valence-corrected chi connectivity index (χ0v) is 15.0. The zero-order chi connectivity index (χ0) is 18.6. The van der Waals surface area contributed by atoms with E-state index >= 15 is 0 Å². The molecule has 0 saturated heterocycles. The van der Waals surface area contributed by atoms with Crippen LogP contribution in [0.5, 0.6) is 0 Å². The first-order valence-electron chi connectivity index (χ1n) is 8.06. The monoisotopic (exact) mass is 366 g/mol. The topological polar surface area (TPSA) is 76.1 Å². The van der Waals surface area contributed by atoms with Crippen molar-refractivity contribution >= 4 is 15.8 Å². The molecule has 0 aliphatic heterocycles. The quantitative estimate of drug-likeness (QED) is 0.679. The van der Waals surface area contributed by atoms with Gasteiger partial charge in [-0.25, -0.2) is 8.42 Å². The van der Waals surface area contributed by atoms with Crippen LogP contribution in [0.4, 0.5) is 0 Å². The van der Waals surface area contributed by atoms with Crippen molar-refractivity contribution in [1.29, 1.82) is 0 Å². The van der Waals surface area contributed by atoms with E-state index in [-0.39, 0.29) is 10.7 Å². The van der Waals surface area contributed by atoms with Gasteiger partial charge in [0.15, 0.2) is 5.78 Å². The minimum absolute atomic E-state index is 0.0966. The molecule has 3 aromatic rings. The number of Topliss-reactive ketones (excluding diaryl/α,β-unsaturated/α-hetero) is 1. The predicted octanol–water partition coefficient (Wildman–Crippen LogP) is 3.35. The number of ketones is 1. The Bertz CT molecular complexity index is 947. The molecule has 0 bridgehead atoms. The van der Waals surface area contributed by atoms with E-state index in [2.05, 4.69) is 9.71 Å². The largest absolute Gasteiger partial charge is 0.295 e. The molecule has 0 spiro atoms. The average Bonchev–Trinajstić information content (AvgIpc) is 2.67. The summed E-state index contributed by atoms with van der Waals surface area (Å²) in [5.41, 5.74) is 1.85. The number of nitrogens with one attached hydrogen (secondary N) is 1. The number of carbonyl (C=O) groups is 1.